The summed E-state index contributed by atoms with van der Waals surface area (Å²) in [5.74, 6) is 0.297. The Morgan fingerprint density at radius 3 is 2.50 bits per heavy atom. The van der Waals surface area contributed by atoms with Crippen molar-refractivity contribution in [2.24, 2.45) is 17.1 Å². The maximum Gasteiger partial charge on any atom is 0.191 e. The minimum absolute atomic E-state index is 0.0677. The highest BCUT2D eigenvalue weighted by atomic mass is 16.5. The van der Waals surface area contributed by atoms with E-state index in [1.165, 1.54) is 0 Å². The Morgan fingerprint density at radius 2 is 1.89 bits per heavy atom. The van der Waals surface area contributed by atoms with Crippen LogP contribution in [0.3, 0.4) is 0 Å². The molecule has 142 valence electrons. The minimum atomic E-state index is -1.55. The molecule has 0 unspecified atom stereocenters. The molecule has 28 heavy (non-hydrogen) atoms. The summed E-state index contributed by atoms with van der Waals surface area (Å²) in [5.41, 5.74) is 6.89. The van der Waals surface area contributed by atoms with E-state index in [-0.39, 0.29) is 11.6 Å². The molecule has 0 spiro atoms. The van der Waals surface area contributed by atoms with E-state index in [2.05, 4.69) is 25.1 Å². The summed E-state index contributed by atoms with van der Waals surface area (Å²) in [5, 5.41) is 29.7. The lowest BCUT2D eigenvalue weighted by Gasteiger charge is -2.43. The predicted octanol–water partition coefficient (Wildman–Crippen LogP) is 4.46. The number of rotatable bonds is 5. The van der Waals surface area contributed by atoms with E-state index in [0.717, 1.165) is 49.0 Å². The Kier molecular flexibility index (Phi) is 5.72. The molecule has 0 aromatic heterocycles. The maximum atomic E-state index is 10.0. The van der Waals surface area contributed by atoms with Gasteiger partial charge in [0.1, 0.15) is 11.8 Å². The van der Waals surface area contributed by atoms with Crippen molar-refractivity contribution < 1.29 is 4.74 Å². The first-order valence-corrected chi connectivity index (χ1v) is 9.79. The maximum absolute atomic E-state index is 10.0. The average Bonchev–Trinajstić information content (AvgIpc) is 2.74. The van der Waals surface area contributed by atoms with Crippen LogP contribution in [0.15, 0.2) is 47.2 Å². The molecule has 1 aromatic rings. The highest BCUT2D eigenvalue weighted by Crippen LogP contribution is 2.55. The molecule has 5 nitrogen and oxygen atoms in total. The van der Waals surface area contributed by atoms with E-state index in [0.29, 0.717) is 12.2 Å². The van der Waals surface area contributed by atoms with E-state index >= 15 is 0 Å². The Labute approximate surface area is 166 Å². The molecule has 2 N–H and O–H groups in total. The zero-order chi connectivity index (χ0) is 20.1. The standard InChI is InChI=1S/C23H24N4O/c1-2-3-12-28-17-10-8-16(9-11-17)21-19-7-5-4-6-18(19)20(13-24)22(27)23(21,14-25)15-26/h6,8-11,19,21H,2-5,7,12,27H2,1H3/t19-,21+/m1/s1. The van der Waals surface area contributed by atoms with Crippen LogP contribution in [0.4, 0.5) is 0 Å². The lowest BCUT2D eigenvalue weighted by atomic mass is 9.57. The number of nitrogens with two attached hydrogens (primary N) is 1. The summed E-state index contributed by atoms with van der Waals surface area (Å²) in [4.78, 5) is 0. The third kappa shape index (κ3) is 3.12. The summed E-state index contributed by atoms with van der Waals surface area (Å²) >= 11 is 0. The summed E-state index contributed by atoms with van der Waals surface area (Å²) in [6.07, 6.45) is 6.78. The van der Waals surface area contributed by atoms with Gasteiger partial charge in [0.05, 0.1) is 30.0 Å². The minimum Gasteiger partial charge on any atom is -0.494 e. The van der Waals surface area contributed by atoms with Gasteiger partial charge in [0, 0.05) is 5.92 Å². The highest BCUT2D eigenvalue weighted by Gasteiger charge is 2.53. The van der Waals surface area contributed by atoms with E-state index < -0.39 is 11.3 Å². The molecule has 2 aliphatic carbocycles. The normalized spacial score (nSPS) is 22.9. The van der Waals surface area contributed by atoms with Gasteiger partial charge >= 0.3 is 0 Å². The zero-order valence-corrected chi connectivity index (χ0v) is 16.1. The van der Waals surface area contributed by atoms with E-state index in [1.54, 1.807) is 0 Å². The average molecular weight is 372 g/mol. The molecular weight excluding hydrogens is 348 g/mol. The van der Waals surface area contributed by atoms with Crippen molar-refractivity contribution in [1.29, 1.82) is 15.8 Å². The largest absolute Gasteiger partial charge is 0.494 e. The van der Waals surface area contributed by atoms with Crippen LogP contribution in [-0.2, 0) is 0 Å². The van der Waals surface area contributed by atoms with Crippen molar-refractivity contribution in [2.45, 2.75) is 44.9 Å². The fourth-order valence-electron chi connectivity index (χ4n) is 4.36. The van der Waals surface area contributed by atoms with Crippen LogP contribution in [0.5, 0.6) is 5.75 Å². The summed E-state index contributed by atoms with van der Waals surface area (Å²) in [7, 11) is 0. The van der Waals surface area contributed by atoms with Crippen molar-refractivity contribution in [3.8, 4) is 24.0 Å². The molecule has 2 atom stereocenters. The Balaban J connectivity index is 2.08. The fourth-order valence-corrected chi connectivity index (χ4v) is 4.36. The van der Waals surface area contributed by atoms with Gasteiger partial charge in [-0.3, -0.25) is 0 Å². The summed E-state index contributed by atoms with van der Waals surface area (Å²) in [6, 6.07) is 14.1. The monoisotopic (exact) mass is 372 g/mol. The second-order valence-electron chi connectivity index (χ2n) is 7.38. The molecule has 0 amide bonds. The number of fused-ring (bicyclic) bond motifs is 1. The van der Waals surface area contributed by atoms with Crippen molar-refractivity contribution in [1.82, 2.24) is 0 Å². The molecule has 0 fully saturated rings. The van der Waals surface area contributed by atoms with Crippen molar-refractivity contribution >= 4 is 0 Å². The molecule has 1 aromatic carbocycles. The topological polar surface area (TPSA) is 107 Å². The number of nitriles is 3. The number of unbranched alkanes of at least 4 members (excludes halogenated alkanes) is 1. The van der Waals surface area contributed by atoms with Gasteiger partial charge < -0.3 is 10.5 Å². The predicted molar refractivity (Wildman–Crippen MR) is 105 cm³/mol. The van der Waals surface area contributed by atoms with Crippen LogP contribution in [0.2, 0.25) is 0 Å². The molecule has 0 aliphatic heterocycles. The fraction of sp³-hybridized carbons (Fsp3) is 0.435. The zero-order valence-electron chi connectivity index (χ0n) is 16.1. The van der Waals surface area contributed by atoms with Crippen LogP contribution in [0.25, 0.3) is 0 Å². The quantitative estimate of drug-likeness (QED) is 0.768. The van der Waals surface area contributed by atoms with E-state index in [4.69, 9.17) is 10.5 Å². The molecule has 0 saturated heterocycles. The van der Waals surface area contributed by atoms with Gasteiger partial charge in [-0.1, -0.05) is 31.6 Å². The Hall–Kier alpha value is -3.23. The van der Waals surface area contributed by atoms with Gasteiger partial charge in [-0.25, -0.2) is 0 Å². The molecule has 0 bridgehead atoms. The molecule has 2 aliphatic rings. The van der Waals surface area contributed by atoms with Crippen molar-refractivity contribution in [2.75, 3.05) is 6.61 Å². The van der Waals surface area contributed by atoms with Crippen LogP contribution in [0, 0.1) is 45.3 Å². The van der Waals surface area contributed by atoms with Gasteiger partial charge in [-0.15, -0.1) is 0 Å². The number of benzene rings is 1. The third-order valence-electron chi connectivity index (χ3n) is 5.81. The number of nitrogens with zero attached hydrogens (tertiary/aromatic N) is 3. The van der Waals surface area contributed by atoms with Gasteiger partial charge in [-0.05, 0) is 54.9 Å². The molecule has 5 heteroatoms. The van der Waals surface area contributed by atoms with Crippen molar-refractivity contribution in [3.05, 3.63) is 52.7 Å². The van der Waals surface area contributed by atoms with Crippen molar-refractivity contribution in [3.63, 3.8) is 0 Å². The first kappa shape index (κ1) is 19.5. The molecular formula is C23H24N4O. The van der Waals surface area contributed by atoms with Crippen LogP contribution in [0.1, 0.15) is 50.5 Å². The first-order valence-electron chi connectivity index (χ1n) is 9.79. The van der Waals surface area contributed by atoms with E-state index in [9.17, 15) is 15.8 Å². The second kappa shape index (κ2) is 8.20. The number of ether oxygens (including phenoxy) is 1. The highest BCUT2D eigenvalue weighted by molar-refractivity contribution is 5.59. The smallest absolute Gasteiger partial charge is 0.191 e. The van der Waals surface area contributed by atoms with Crippen LogP contribution >= 0.6 is 0 Å². The first-order chi connectivity index (χ1) is 13.6. The Bertz CT molecular complexity index is 907. The number of hydrogen-bond donors (Lipinski definition) is 1. The SMILES string of the molecule is CCCCOc1ccc([C@H]2[C@@H]3CCCC=C3C(C#N)=C(N)C2(C#N)C#N)cc1. The molecule has 0 saturated carbocycles. The van der Waals surface area contributed by atoms with Gasteiger partial charge in [0.15, 0.2) is 5.41 Å². The van der Waals surface area contributed by atoms with Crippen LogP contribution in [-0.4, -0.2) is 6.61 Å². The molecule has 0 radical (unpaired) electrons. The van der Waals surface area contributed by atoms with E-state index in [1.807, 2.05) is 30.3 Å². The lowest BCUT2D eigenvalue weighted by Crippen LogP contribution is -2.42. The summed E-state index contributed by atoms with van der Waals surface area (Å²) in [6.45, 7) is 2.78. The van der Waals surface area contributed by atoms with Gasteiger partial charge in [0.2, 0.25) is 0 Å². The second-order valence-corrected chi connectivity index (χ2v) is 7.38. The molecule has 0 heterocycles. The molecule has 3 rings (SSSR count). The van der Waals surface area contributed by atoms with Gasteiger partial charge in [0.25, 0.3) is 0 Å². The van der Waals surface area contributed by atoms with Gasteiger partial charge in [-0.2, -0.15) is 15.8 Å². The Morgan fingerprint density at radius 1 is 1.18 bits per heavy atom. The number of hydrogen-bond acceptors (Lipinski definition) is 5. The summed E-state index contributed by atoms with van der Waals surface area (Å²) < 4.78 is 5.74. The van der Waals surface area contributed by atoms with Crippen LogP contribution < -0.4 is 10.5 Å². The third-order valence-corrected chi connectivity index (χ3v) is 5.81. The number of allylic oxidation sites excluding steroid dienone is 4. The lowest BCUT2D eigenvalue weighted by molar-refractivity contribution is 0.306.